The number of carbonyl (C=O) groups is 1. The highest BCUT2D eigenvalue weighted by atomic mass is 19.3. The average molecular weight is 285 g/mol. The van der Waals surface area contributed by atoms with E-state index in [4.69, 9.17) is 11.5 Å². The molecule has 0 fully saturated rings. The van der Waals surface area contributed by atoms with Crippen LogP contribution in [0.3, 0.4) is 0 Å². The van der Waals surface area contributed by atoms with Crippen molar-refractivity contribution in [3.05, 3.63) is 28.6 Å². The molecule has 0 spiro atoms. The van der Waals surface area contributed by atoms with Crippen molar-refractivity contribution >= 4 is 17.8 Å². The summed E-state index contributed by atoms with van der Waals surface area (Å²) < 4.78 is 40.0. The standard InChI is InChI=1S/C12H12F3N4O/c13-10-8(12(17)20)5(11(14)15)3-6(16)9(10)7-4-18-1-2-19-7/h2,7,11,18H,1,4,16H2,(H2,17,20). The van der Waals surface area contributed by atoms with Crippen LogP contribution in [0.2, 0.25) is 0 Å². The zero-order valence-electron chi connectivity index (χ0n) is 10.3. The van der Waals surface area contributed by atoms with Gasteiger partial charge in [0.25, 0.3) is 12.3 Å². The number of anilines is 1. The molecule has 1 unspecified atom stereocenters. The van der Waals surface area contributed by atoms with Crippen molar-refractivity contribution < 1.29 is 18.0 Å². The van der Waals surface area contributed by atoms with Gasteiger partial charge in [0.2, 0.25) is 0 Å². The summed E-state index contributed by atoms with van der Waals surface area (Å²) in [4.78, 5) is 15.3. The van der Waals surface area contributed by atoms with E-state index in [1.54, 1.807) is 0 Å². The molecule has 1 aliphatic heterocycles. The molecule has 0 saturated heterocycles. The maximum atomic E-state index is 14.4. The van der Waals surface area contributed by atoms with Gasteiger partial charge in [-0.1, -0.05) is 0 Å². The van der Waals surface area contributed by atoms with Crippen molar-refractivity contribution in [2.45, 2.75) is 12.5 Å². The van der Waals surface area contributed by atoms with Gasteiger partial charge in [0.1, 0.15) is 5.82 Å². The van der Waals surface area contributed by atoms with Crippen LogP contribution in [0.4, 0.5) is 18.9 Å². The second-order valence-corrected chi connectivity index (χ2v) is 4.23. The van der Waals surface area contributed by atoms with Crippen LogP contribution in [0, 0.1) is 11.9 Å². The van der Waals surface area contributed by atoms with E-state index < -0.39 is 35.3 Å². The summed E-state index contributed by atoms with van der Waals surface area (Å²) in [5.41, 5.74) is 8.30. The van der Waals surface area contributed by atoms with E-state index in [0.29, 0.717) is 6.54 Å². The molecule has 1 heterocycles. The number of nitrogen functional groups attached to an aromatic ring is 1. The summed E-state index contributed by atoms with van der Waals surface area (Å²) in [6.45, 7) is 0.789. The molecule has 1 aliphatic rings. The van der Waals surface area contributed by atoms with Gasteiger partial charge in [-0.3, -0.25) is 9.79 Å². The fourth-order valence-electron chi connectivity index (χ4n) is 2.07. The van der Waals surface area contributed by atoms with E-state index in [9.17, 15) is 18.0 Å². The summed E-state index contributed by atoms with van der Waals surface area (Å²) in [5.74, 6) is -2.45. The maximum absolute atomic E-state index is 14.4. The van der Waals surface area contributed by atoms with Crippen molar-refractivity contribution in [1.29, 1.82) is 0 Å². The topological polar surface area (TPSA) is 93.5 Å². The highest BCUT2D eigenvalue weighted by Crippen LogP contribution is 2.34. The van der Waals surface area contributed by atoms with Crippen LogP contribution in [0.1, 0.15) is 34.0 Å². The third-order valence-corrected chi connectivity index (χ3v) is 2.94. The molecular formula is C12H12F3N4O. The molecule has 0 bridgehead atoms. The first-order valence-electron chi connectivity index (χ1n) is 5.77. The van der Waals surface area contributed by atoms with Gasteiger partial charge in [0.05, 0.1) is 11.6 Å². The smallest absolute Gasteiger partial charge is 0.265 e. The lowest BCUT2D eigenvalue weighted by Crippen LogP contribution is -2.29. The van der Waals surface area contributed by atoms with Crippen LogP contribution >= 0.6 is 0 Å². The van der Waals surface area contributed by atoms with Gasteiger partial charge in [-0.2, -0.15) is 0 Å². The van der Waals surface area contributed by atoms with Crippen molar-refractivity contribution in [2.75, 3.05) is 18.8 Å². The Hall–Kier alpha value is -2.09. The molecule has 1 radical (unpaired) electrons. The number of hydrogen-bond donors (Lipinski definition) is 3. The normalized spacial score (nSPS) is 18.5. The molecule has 20 heavy (non-hydrogen) atoms. The Morgan fingerprint density at radius 2 is 2.25 bits per heavy atom. The predicted molar refractivity (Wildman–Crippen MR) is 67.2 cm³/mol. The number of amides is 1. The largest absolute Gasteiger partial charge is 0.398 e. The van der Waals surface area contributed by atoms with Crippen LogP contribution in [0.15, 0.2) is 4.99 Å². The lowest BCUT2D eigenvalue weighted by molar-refractivity contribution is 0.0980. The summed E-state index contributed by atoms with van der Waals surface area (Å²) in [5, 5.41) is 2.92. The molecule has 5 nitrogen and oxygen atoms in total. The van der Waals surface area contributed by atoms with Crippen LogP contribution in [0.5, 0.6) is 0 Å². The van der Waals surface area contributed by atoms with Gasteiger partial charge < -0.3 is 16.8 Å². The molecule has 5 N–H and O–H groups in total. The van der Waals surface area contributed by atoms with Crippen LogP contribution < -0.4 is 16.8 Å². The summed E-state index contributed by atoms with van der Waals surface area (Å²) in [7, 11) is 0. The molecule has 2 rings (SSSR count). The predicted octanol–water partition coefficient (Wildman–Crippen LogP) is 0.960. The number of benzene rings is 1. The minimum absolute atomic E-state index is 0.147. The maximum Gasteiger partial charge on any atom is 0.265 e. The second kappa shape index (κ2) is 5.49. The quantitative estimate of drug-likeness (QED) is 0.722. The Morgan fingerprint density at radius 1 is 1.55 bits per heavy atom. The molecule has 0 aromatic heterocycles. The third-order valence-electron chi connectivity index (χ3n) is 2.94. The molecule has 1 amide bonds. The minimum Gasteiger partial charge on any atom is -0.398 e. The Balaban J connectivity index is 2.64. The van der Waals surface area contributed by atoms with Gasteiger partial charge in [0.15, 0.2) is 0 Å². The van der Waals surface area contributed by atoms with Gasteiger partial charge >= 0.3 is 0 Å². The zero-order chi connectivity index (χ0) is 14.9. The number of rotatable bonds is 3. The molecule has 1 aromatic rings. The molecule has 107 valence electrons. The Bertz CT molecular complexity index is 574. The lowest BCUT2D eigenvalue weighted by Gasteiger charge is -2.21. The van der Waals surface area contributed by atoms with Crippen molar-refractivity contribution in [2.24, 2.45) is 10.7 Å². The van der Waals surface area contributed by atoms with Crippen molar-refractivity contribution in [3.63, 3.8) is 0 Å². The first kappa shape index (κ1) is 14.3. The van der Waals surface area contributed by atoms with Crippen molar-refractivity contribution in [3.8, 4) is 0 Å². The summed E-state index contributed by atoms with van der Waals surface area (Å²) in [6, 6.07) is 1.44. The number of aliphatic imine (C=N–C) groups is 1. The fraction of sp³-hybridized carbons (Fsp3) is 0.333. The molecular weight excluding hydrogens is 273 g/mol. The first-order chi connectivity index (χ1) is 9.43. The zero-order valence-corrected chi connectivity index (χ0v) is 10.3. The van der Waals surface area contributed by atoms with Crippen LogP contribution in [-0.2, 0) is 0 Å². The van der Waals surface area contributed by atoms with E-state index in [-0.39, 0.29) is 17.8 Å². The Morgan fingerprint density at radius 3 is 2.75 bits per heavy atom. The van der Waals surface area contributed by atoms with E-state index in [1.165, 1.54) is 6.21 Å². The van der Waals surface area contributed by atoms with E-state index in [1.807, 2.05) is 0 Å². The Labute approximate surface area is 112 Å². The minimum atomic E-state index is -3.10. The van der Waals surface area contributed by atoms with Gasteiger partial charge in [0, 0.05) is 42.2 Å². The third kappa shape index (κ3) is 2.46. The van der Waals surface area contributed by atoms with Gasteiger partial charge in [-0.25, -0.2) is 13.2 Å². The van der Waals surface area contributed by atoms with E-state index in [2.05, 4.69) is 16.4 Å². The number of alkyl halides is 2. The summed E-state index contributed by atoms with van der Waals surface area (Å²) in [6.07, 6.45) is -1.59. The molecule has 1 atom stereocenters. The van der Waals surface area contributed by atoms with Crippen molar-refractivity contribution in [1.82, 2.24) is 5.32 Å². The van der Waals surface area contributed by atoms with E-state index >= 15 is 0 Å². The number of nitrogens with zero attached hydrogens (tertiary/aromatic N) is 1. The molecule has 0 aliphatic carbocycles. The number of hydrogen-bond acceptors (Lipinski definition) is 4. The number of nitrogens with one attached hydrogen (secondary N) is 1. The highest BCUT2D eigenvalue weighted by molar-refractivity contribution is 5.95. The second-order valence-electron chi connectivity index (χ2n) is 4.23. The monoisotopic (exact) mass is 285 g/mol. The van der Waals surface area contributed by atoms with Crippen LogP contribution in [0.25, 0.3) is 0 Å². The Kier molecular flexibility index (Phi) is 3.93. The fourth-order valence-corrected chi connectivity index (χ4v) is 2.07. The van der Waals surface area contributed by atoms with E-state index in [0.717, 1.165) is 0 Å². The molecule has 0 saturated carbocycles. The highest BCUT2D eigenvalue weighted by Gasteiger charge is 2.29. The van der Waals surface area contributed by atoms with Gasteiger partial charge in [-0.15, -0.1) is 0 Å². The number of halogens is 3. The van der Waals surface area contributed by atoms with Crippen LogP contribution in [-0.4, -0.2) is 25.2 Å². The summed E-state index contributed by atoms with van der Waals surface area (Å²) >= 11 is 0. The van der Waals surface area contributed by atoms with Gasteiger partial charge in [-0.05, 0) is 0 Å². The number of carbonyl (C=O) groups excluding carboxylic acids is 1. The lowest BCUT2D eigenvalue weighted by atomic mass is 9.95. The molecule has 8 heteroatoms. The SMILES string of the molecule is NC(=O)c1c(C(F)F)[c]c(N)c(C2CNCC=N2)c1F. The molecule has 1 aromatic carbocycles. The average Bonchev–Trinajstić information content (AvgIpc) is 2.38. The first-order valence-corrected chi connectivity index (χ1v) is 5.77. The number of nitrogens with two attached hydrogens (primary N) is 2. The number of primary amides is 1.